The molecule has 1 aliphatic heterocycles. The van der Waals surface area contributed by atoms with E-state index in [2.05, 4.69) is 27.0 Å². The van der Waals surface area contributed by atoms with Crippen molar-refractivity contribution in [2.75, 3.05) is 25.4 Å². The third kappa shape index (κ3) is 4.14. The normalized spacial score (nSPS) is 15.7. The van der Waals surface area contributed by atoms with Crippen LogP contribution in [-0.2, 0) is 9.84 Å². The molecule has 0 spiro atoms. The van der Waals surface area contributed by atoms with Crippen molar-refractivity contribution in [3.05, 3.63) is 65.5 Å². The molecule has 0 unspecified atom stereocenters. The number of fused-ring (bicyclic) bond motifs is 1. The number of hydrogen-bond acceptors (Lipinski definition) is 4. The van der Waals surface area contributed by atoms with Gasteiger partial charge in [0.25, 0.3) is 0 Å². The molecule has 146 valence electrons. The highest BCUT2D eigenvalue weighted by Gasteiger charge is 2.18. The Balaban J connectivity index is 1.34. The lowest BCUT2D eigenvalue weighted by Crippen LogP contribution is -2.30. The Kier molecular flexibility index (Phi) is 5.53. The molecule has 3 aromatic rings. The summed E-state index contributed by atoms with van der Waals surface area (Å²) in [4.78, 5) is 10.2. The molecule has 2 aromatic heterocycles. The molecule has 0 aliphatic carbocycles. The van der Waals surface area contributed by atoms with Crippen molar-refractivity contribution in [3.63, 3.8) is 0 Å². The number of aromatic amines is 1. The van der Waals surface area contributed by atoms with Crippen LogP contribution in [0.2, 0.25) is 5.02 Å². The predicted octanol–water partition coefficient (Wildman–Crippen LogP) is 4.17. The summed E-state index contributed by atoms with van der Waals surface area (Å²) in [6.45, 7) is 2.54. The third-order valence-corrected chi connectivity index (χ3v) is 7.22. The summed E-state index contributed by atoms with van der Waals surface area (Å²) in [6.07, 6.45) is 7.62. The van der Waals surface area contributed by atoms with E-state index in [1.165, 1.54) is 11.1 Å². The van der Waals surface area contributed by atoms with Crippen LogP contribution in [0.4, 0.5) is 0 Å². The van der Waals surface area contributed by atoms with Crippen LogP contribution in [0.1, 0.15) is 18.4 Å². The van der Waals surface area contributed by atoms with Crippen LogP contribution in [0.5, 0.6) is 0 Å². The number of hydrogen-bond donors (Lipinski definition) is 1. The van der Waals surface area contributed by atoms with E-state index in [1.54, 1.807) is 30.5 Å². The third-order valence-electron chi connectivity index (χ3n) is 5.15. The predicted molar refractivity (Wildman–Crippen MR) is 113 cm³/mol. The van der Waals surface area contributed by atoms with Crippen LogP contribution in [0.25, 0.3) is 16.6 Å². The van der Waals surface area contributed by atoms with Gasteiger partial charge in [0.15, 0.2) is 9.84 Å². The van der Waals surface area contributed by atoms with Gasteiger partial charge in [-0.05, 0) is 61.4 Å². The van der Waals surface area contributed by atoms with Gasteiger partial charge in [0.1, 0.15) is 5.65 Å². The highest BCUT2D eigenvalue weighted by molar-refractivity contribution is 7.91. The highest BCUT2D eigenvalue weighted by Crippen LogP contribution is 2.28. The summed E-state index contributed by atoms with van der Waals surface area (Å²) in [7, 11) is -3.26. The molecule has 1 aliphatic rings. The first-order valence-corrected chi connectivity index (χ1v) is 11.4. The molecular weight excluding hydrogens is 394 g/mol. The first-order valence-electron chi connectivity index (χ1n) is 9.35. The summed E-state index contributed by atoms with van der Waals surface area (Å²) in [5, 5.41) is 1.69. The minimum absolute atomic E-state index is 0.149. The summed E-state index contributed by atoms with van der Waals surface area (Å²) >= 11 is 5.84. The van der Waals surface area contributed by atoms with E-state index < -0.39 is 9.84 Å². The highest BCUT2D eigenvalue weighted by atomic mass is 35.5. The summed E-state index contributed by atoms with van der Waals surface area (Å²) in [5.74, 6) is 0.149. The van der Waals surface area contributed by atoms with Crippen LogP contribution in [-0.4, -0.2) is 48.7 Å². The molecule has 0 atom stereocenters. The maximum Gasteiger partial charge on any atom is 0.178 e. The van der Waals surface area contributed by atoms with Crippen molar-refractivity contribution in [2.45, 2.75) is 17.7 Å². The second-order valence-corrected chi connectivity index (χ2v) is 9.55. The number of pyridine rings is 1. The Labute approximate surface area is 170 Å². The van der Waals surface area contributed by atoms with Gasteiger partial charge in [0, 0.05) is 41.5 Å². The molecule has 7 heteroatoms. The summed E-state index contributed by atoms with van der Waals surface area (Å²) < 4.78 is 24.9. The van der Waals surface area contributed by atoms with Crippen LogP contribution < -0.4 is 0 Å². The fraction of sp³-hybridized carbons (Fsp3) is 0.286. The van der Waals surface area contributed by atoms with Crippen LogP contribution in [0, 0.1) is 0 Å². The SMILES string of the molecule is O=S(=O)(CCCN1CC=C(c2c[nH]c3ncccc23)CC1)c1ccc(Cl)cc1. The molecule has 4 rings (SSSR count). The Morgan fingerprint density at radius 1 is 1.18 bits per heavy atom. The molecule has 0 amide bonds. The van der Waals surface area contributed by atoms with E-state index in [0.29, 0.717) is 16.3 Å². The Bertz CT molecular complexity index is 1100. The van der Waals surface area contributed by atoms with Crippen LogP contribution in [0.15, 0.2) is 59.8 Å². The lowest BCUT2D eigenvalue weighted by atomic mass is 9.99. The largest absolute Gasteiger partial charge is 0.346 e. The number of benzene rings is 1. The molecule has 0 saturated carbocycles. The van der Waals surface area contributed by atoms with Crippen molar-refractivity contribution in [1.82, 2.24) is 14.9 Å². The first kappa shape index (κ1) is 19.2. The van der Waals surface area contributed by atoms with Gasteiger partial charge in [-0.1, -0.05) is 17.7 Å². The zero-order valence-electron chi connectivity index (χ0n) is 15.4. The van der Waals surface area contributed by atoms with Crippen molar-refractivity contribution in [2.24, 2.45) is 0 Å². The molecule has 28 heavy (non-hydrogen) atoms. The van der Waals surface area contributed by atoms with Crippen LogP contribution in [0.3, 0.4) is 0 Å². The van der Waals surface area contributed by atoms with Gasteiger partial charge in [-0.3, -0.25) is 4.90 Å². The number of halogens is 1. The average molecular weight is 416 g/mol. The quantitative estimate of drug-likeness (QED) is 0.656. The monoisotopic (exact) mass is 415 g/mol. The molecule has 0 fully saturated rings. The van der Waals surface area contributed by atoms with E-state index in [4.69, 9.17) is 11.6 Å². The lowest BCUT2D eigenvalue weighted by molar-refractivity contribution is 0.303. The maximum absolute atomic E-state index is 12.4. The topological polar surface area (TPSA) is 66.1 Å². The number of nitrogens with zero attached hydrogens (tertiary/aromatic N) is 2. The van der Waals surface area contributed by atoms with E-state index in [0.717, 1.165) is 37.1 Å². The maximum atomic E-state index is 12.4. The summed E-state index contributed by atoms with van der Waals surface area (Å²) in [6, 6.07) is 10.4. The molecule has 3 heterocycles. The minimum Gasteiger partial charge on any atom is -0.346 e. The van der Waals surface area contributed by atoms with E-state index in [1.807, 2.05) is 12.3 Å². The number of aromatic nitrogens is 2. The van der Waals surface area contributed by atoms with E-state index >= 15 is 0 Å². The van der Waals surface area contributed by atoms with Gasteiger partial charge in [0.05, 0.1) is 10.6 Å². The molecule has 5 nitrogen and oxygen atoms in total. The van der Waals surface area contributed by atoms with Crippen molar-refractivity contribution in [3.8, 4) is 0 Å². The summed E-state index contributed by atoms with van der Waals surface area (Å²) in [5.41, 5.74) is 3.45. The van der Waals surface area contributed by atoms with E-state index in [-0.39, 0.29) is 5.75 Å². The number of H-pyrrole nitrogens is 1. The van der Waals surface area contributed by atoms with Crippen LogP contribution >= 0.6 is 11.6 Å². The molecule has 0 bridgehead atoms. The molecular formula is C21H22ClN3O2S. The Morgan fingerprint density at radius 2 is 2.00 bits per heavy atom. The zero-order chi connectivity index (χ0) is 19.6. The van der Waals surface area contributed by atoms with Crippen molar-refractivity contribution >= 4 is 38.0 Å². The van der Waals surface area contributed by atoms with Gasteiger partial charge >= 0.3 is 0 Å². The Hall–Kier alpha value is -2.15. The lowest BCUT2D eigenvalue weighted by Gasteiger charge is -2.26. The number of sulfone groups is 1. The van der Waals surface area contributed by atoms with E-state index in [9.17, 15) is 8.42 Å². The second kappa shape index (κ2) is 8.07. The molecule has 1 N–H and O–H groups in total. The van der Waals surface area contributed by atoms with Gasteiger partial charge in [-0.25, -0.2) is 13.4 Å². The second-order valence-electron chi connectivity index (χ2n) is 7.01. The fourth-order valence-corrected chi connectivity index (χ4v) is 5.04. The van der Waals surface area contributed by atoms with Gasteiger partial charge in [0.2, 0.25) is 0 Å². The van der Waals surface area contributed by atoms with Gasteiger partial charge in [-0.15, -0.1) is 0 Å². The van der Waals surface area contributed by atoms with Crippen molar-refractivity contribution < 1.29 is 8.42 Å². The standard InChI is InChI=1S/C21H22ClN3O2S/c22-17-4-6-18(7-5-17)28(26,27)14-2-11-25-12-8-16(9-13-25)20-15-24-21-19(20)3-1-10-23-21/h1,3-8,10,15H,2,9,11-14H2,(H,23,24). The molecule has 0 saturated heterocycles. The Morgan fingerprint density at radius 3 is 2.75 bits per heavy atom. The first-order chi connectivity index (χ1) is 13.5. The minimum atomic E-state index is -3.26. The van der Waals surface area contributed by atoms with Crippen molar-refractivity contribution in [1.29, 1.82) is 0 Å². The average Bonchev–Trinajstić information content (AvgIpc) is 3.13. The fourth-order valence-electron chi connectivity index (χ4n) is 3.62. The van der Waals surface area contributed by atoms with Gasteiger partial charge in [-0.2, -0.15) is 0 Å². The smallest absolute Gasteiger partial charge is 0.178 e. The number of rotatable bonds is 6. The molecule has 1 aromatic carbocycles. The molecule has 0 radical (unpaired) electrons. The van der Waals surface area contributed by atoms with Gasteiger partial charge < -0.3 is 4.98 Å². The number of nitrogens with one attached hydrogen (secondary N) is 1. The zero-order valence-corrected chi connectivity index (χ0v) is 17.0.